The Labute approximate surface area is 428 Å². The summed E-state index contributed by atoms with van der Waals surface area (Å²) in [6.07, 6.45) is 0. The van der Waals surface area contributed by atoms with Gasteiger partial charge in [-0.05, 0) is 126 Å². The van der Waals surface area contributed by atoms with Gasteiger partial charge >= 0.3 is 0 Å². The van der Waals surface area contributed by atoms with Gasteiger partial charge in [0, 0.05) is 33.0 Å². The average molecular weight is 942 g/mol. The van der Waals surface area contributed by atoms with Crippen LogP contribution in [-0.4, -0.2) is 15.0 Å². The second kappa shape index (κ2) is 16.7. The molecule has 2 aliphatic rings. The molecular weight excluding hydrogens is 899 g/mol. The molecule has 0 aliphatic heterocycles. The molecule has 0 amide bonds. The number of hydrogen-bond donors (Lipinski definition) is 0. The first kappa shape index (κ1) is 42.0. The van der Waals surface area contributed by atoms with E-state index in [4.69, 9.17) is 19.4 Å². The summed E-state index contributed by atoms with van der Waals surface area (Å²) in [5.41, 5.74) is 22.2. The molecule has 2 aliphatic carbocycles. The summed E-state index contributed by atoms with van der Waals surface area (Å²) in [6.45, 7) is 0. The van der Waals surface area contributed by atoms with Gasteiger partial charge in [-0.2, -0.15) is 0 Å². The van der Waals surface area contributed by atoms with Crippen LogP contribution < -0.4 is 0 Å². The van der Waals surface area contributed by atoms with E-state index >= 15 is 0 Å². The molecule has 0 saturated carbocycles. The SMILES string of the molecule is c1ccc(-c2cc(-c3ccccc3)cc(-c3nc(-c4cc(-c5ccccc5)cc(-c5ccccc5)c4)nc(-c4cccc5c4-c4ccccc4C54c5ccccc5-c5c4ccc4c5oc5ccccc54)n3)c2)cc1. The number of rotatable bonds is 7. The predicted molar refractivity (Wildman–Crippen MR) is 301 cm³/mol. The van der Waals surface area contributed by atoms with E-state index < -0.39 is 5.41 Å². The highest BCUT2D eigenvalue weighted by molar-refractivity contribution is 6.13. The van der Waals surface area contributed by atoms with E-state index in [-0.39, 0.29) is 0 Å². The van der Waals surface area contributed by atoms with Crippen LogP contribution in [0.25, 0.3) is 123 Å². The van der Waals surface area contributed by atoms with Crippen LogP contribution in [0.5, 0.6) is 0 Å². The predicted octanol–water partition coefficient (Wildman–Crippen LogP) is 17.8. The molecule has 4 heteroatoms. The van der Waals surface area contributed by atoms with Gasteiger partial charge in [0.1, 0.15) is 11.2 Å². The standard InChI is InChI=1S/C70H43N3O/c1-5-20-44(21-6-1)48-38-49(45-22-7-2-8-23-45)41-52(40-48)67-71-68(53-42-50(46-24-9-3-10-25-46)39-51(43-53)47-26-11-4-12-27-47)73-69(72-67)58-31-19-34-61-64(58)56-29-13-16-32-59(56)70(61)60-33-17-14-30-57(60)65-62(70)37-36-55-54-28-15-18-35-63(54)74-66(55)65/h1-43H. The minimum absolute atomic E-state index is 0.591. The van der Waals surface area contributed by atoms with Crippen LogP contribution in [0, 0.1) is 0 Å². The van der Waals surface area contributed by atoms with Gasteiger partial charge in [-0.1, -0.05) is 218 Å². The van der Waals surface area contributed by atoms with E-state index in [2.05, 4.69) is 255 Å². The van der Waals surface area contributed by atoms with Crippen molar-refractivity contribution in [1.82, 2.24) is 15.0 Å². The topological polar surface area (TPSA) is 51.8 Å². The highest BCUT2D eigenvalue weighted by atomic mass is 16.3. The summed E-state index contributed by atoms with van der Waals surface area (Å²) < 4.78 is 6.85. The summed E-state index contributed by atoms with van der Waals surface area (Å²) >= 11 is 0. The summed E-state index contributed by atoms with van der Waals surface area (Å²) in [6, 6.07) is 93.3. The molecule has 13 aromatic rings. The fourth-order valence-electron chi connectivity index (χ4n) is 12.1. The molecule has 0 radical (unpaired) electrons. The van der Waals surface area contributed by atoms with Crippen LogP contribution in [0.1, 0.15) is 22.3 Å². The molecule has 1 atom stereocenters. The Morgan fingerprint density at radius 3 is 1.18 bits per heavy atom. The molecule has 0 saturated heterocycles. The van der Waals surface area contributed by atoms with Gasteiger partial charge in [0.05, 0.1) is 5.41 Å². The van der Waals surface area contributed by atoms with Crippen molar-refractivity contribution in [2.45, 2.75) is 5.41 Å². The van der Waals surface area contributed by atoms with Crippen LogP contribution in [0.15, 0.2) is 265 Å². The Balaban J connectivity index is 1.01. The van der Waals surface area contributed by atoms with Crippen LogP contribution in [-0.2, 0) is 5.41 Å². The molecule has 0 fully saturated rings. The quantitative estimate of drug-likeness (QED) is 0.160. The molecular formula is C70H43N3O. The van der Waals surface area contributed by atoms with Crippen molar-refractivity contribution in [1.29, 1.82) is 0 Å². The van der Waals surface area contributed by atoms with Crippen LogP contribution in [0.3, 0.4) is 0 Å². The maximum Gasteiger partial charge on any atom is 0.164 e. The zero-order valence-corrected chi connectivity index (χ0v) is 40.1. The third kappa shape index (κ3) is 6.45. The van der Waals surface area contributed by atoms with Gasteiger partial charge in [0.2, 0.25) is 0 Å². The molecule has 74 heavy (non-hydrogen) atoms. The van der Waals surface area contributed by atoms with Crippen LogP contribution in [0.2, 0.25) is 0 Å². The van der Waals surface area contributed by atoms with Crippen molar-refractivity contribution in [2.24, 2.45) is 0 Å². The van der Waals surface area contributed by atoms with Crippen LogP contribution >= 0.6 is 0 Å². The van der Waals surface area contributed by atoms with E-state index in [1.807, 2.05) is 6.07 Å². The first-order chi connectivity index (χ1) is 36.7. The van der Waals surface area contributed by atoms with Crippen molar-refractivity contribution in [3.8, 4) is 101 Å². The number of hydrogen-bond acceptors (Lipinski definition) is 4. The van der Waals surface area contributed by atoms with Crippen molar-refractivity contribution in [2.75, 3.05) is 0 Å². The summed E-state index contributed by atoms with van der Waals surface area (Å²) in [5.74, 6) is 1.79. The van der Waals surface area contributed by atoms with Gasteiger partial charge in [0.25, 0.3) is 0 Å². The largest absolute Gasteiger partial charge is 0.455 e. The first-order valence-corrected chi connectivity index (χ1v) is 25.2. The van der Waals surface area contributed by atoms with Crippen LogP contribution in [0.4, 0.5) is 0 Å². The Hall–Kier alpha value is -9.77. The van der Waals surface area contributed by atoms with E-state index in [1.54, 1.807) is 0 Å². The third-order valence-corrected chi connectivity index (χ3v) is 15.3. The summed E-state index contributed by atoms with van der Waals surface area (Å²) in [4.78, 5) is 16.7. The fraction of sp³-hybridized carbons (Fsp3) is 0.0143. The van der Waals surface area contributed by atoms with Crippen molar-refractivity contribution in [3.05, 3.63) is 283 Å². The third-order valence-electron chi connectivity index (χ3n) is 15.3. The lowest BCUT2D eigenvalue weighted by Crippen LogP contribution is -2.25. The molecule has 0 N–H and O–H groups in total. The molecule has 2 aromatic heterocycles. The molecule has 1 spiro atoms. The Morgan fingerprint density at radius 2 is 0.649 bits per heavy atom. The van der Waals surface area contributed by atoms with Crippen molar-refractivity contribution < 1.29 is 4.42 Å². The lowest BCUT2D eigenvalue weighted by Gasteiger charge is -2.30. The maximum atomic E-state index is 6.85. The minimum Gasteiger partial charge on any atom is -0.455 e. The normalized spacial score (nSPS) is 14.0. The van der Waals surface area contributed by atoms with Gasteiger partial charge in [-0.25, -0.2) is 15.0 Å². The van der Waals surface area contributed by atoms with E-state index in [0.717, 1.165) is 99.8 Å². The summed E-state index contributed by atoms with van der Waals surface area (Å²) in [7, 11) is 0. The smallest absolute Gasteiger partial charge is 0.164 e. The second-order valence-electron chi connectivity index (χ2n) is 19.4. The lowest BCUT2D eigenvalue weighted by atomic mass is 9.70. The number of benzene rings is 11. The van der Waals surface area contributed by atoms with Gasteiger partial charge in [0.15, 0.2) is 17.5 Å². The van der Waals surface area contributed by atoms with Gasteiger partial charge in [-0.15, -0.1) is 0 Å². The van der Waals surface area contributed by atoms with E-state index in [9.17, 15) is 0 Å². The van der Waals surface area contributed by atoms with E-state index in [1.165, 1.54) is 27.8 Å². The second-order valence-corrected chi connectivity index (χ2v) is 19.4. The monoisotopic (exact) mass is 941 g/mol. The number of aromatic nitrogens is 3. The molecule has 4 nitrogen and oxygen atoms in total. The molecule has 11 aromatic carbocycles. The molecule has 2 heterocycles. The molecule has 0 bridgehead atoms. The molecule has 1 unspecified atom stereocenters. The summed E-state index contributed by atoms with van der Waals surface area (Å²) in [5, 5.41) is 2.24. The number of fused-ring (bicyclic) bond motifs is 14. The lowest BCUT2D eigenvalue weighted by molar-refractivity contribution is 0.669. The van der Waals surface area contributed by atoms with E-state index in [0.29, 0.717) is 17.5 Å². The number of nitrogens with zero attached hydrogens (tertiary/aromatic N) is 3. The van der Waals surface area contributed by atoms with Crippen molar-refractivity contribution in [3.63, 3.8) is 0 Å². The Kier molecular flexibility index (Phi) is 9.45. The first-order valence-electron chi connectivity index (χ1n) is 25.2. The number of furan rings is 1. The highest BCUT2D eigenvalue weighted by Crippen LogP contribution is 2.65. The van der Waals surface area contributed by atoms with Crippen molar-refractivity contribution >= 4 is 21.9 Å². The van der Waals surface area contributed by atoms with Gasteiger partial charge < -0.3 is 4.42 Å². The number of para-hydroxylation sites is 1. The highest BCUT2D eigenvalue weighted by Gasteiger charge is 2.53. The average Bonchev–Trinajstić information content (AvgIpc) is 4.18. The fourth-order valence-corrected chi connectivity index (χ4v) is 12.1. The minimum atomic E-state index is -0.636. The maximum absolute atomic E-state index is 6.85. The molecule has 344 valence electrons. The molecule has 15 rings (SSSR count). The Bertz CT molecular complexity index is 4090. The zero-order chi connectivity index (χ0) is 48.7. The van der Waals surface area contributed by atoms with Gasteiger partial charge in [-0.3, -0.25) is 0 Å². The Morgan fingerprint density at radius 1 is 0.257 bits per heavy atom. The zero-order valence-electron chi connectivity index (χ0n) is 40.1.